The predicted octanol–water partition coefficient (Wildman–Crippen LogP) is 5.61. The lowest BCUT2D eigenvalue weighted by atomic mass is 9.91. The van der Waals surface area contributed by atoms with Crippen molar-refractivity contribution < 1.29 is 9.47 Å². The second kappa shape index (κ2) is 10.0. The first-order chi connectivity index (χ1) is 11.6. The van der Waals surface area contributed by atoms with Crippen molar-refractivity contribution in [3.63, 3.8) is 0 Å². The SMILES string of the molecule is COc1cc2ccc(C(C)C(=N)CCCCC=N)cc2cc1OC.Cl. The summed E-state index contributed by atoms with van der Waals surface area (Å²) in [6.07, 6.45) is 4.99. The minimum absolute atomic E-state index is 0. The lowest BCUT2D eigenvalue weighted by molar-refractivity contribution is 0.356. The molecule has 2 aromatic rings. The van der Waals surface area contributed by atoms with Crippen LogP contribution in [0.2, 0.25) is 0 Å². The number of methoxy groups -OCH3 is 2. The highest BCUT2D eigenvalue weighted by Gasteiger charge is 2.13. The molecule has 2 rings (SSSR count). The van der Waals surface area contributed by atoms with Gasteiger partial charge in [-0.05, 0) is 60.4 Å². The maximum Gasteiger partial charge on any atom is 0.161 e. The Hall–Kier alpha value is -2.07. The van der Waals surface area contributed by atoms with E-state index < -0.39 is 0 Å². The van der Waals surface area contributed by atoms with Crippen LogP contribution in [0.1, 0.15) is 44.1 Å². The van der Waals surface area contributed by atoms with E-state index in [1.54, 1.807) is 14.2 Å². The van der Waals surface area contributed by atoms with Gasteiger partial charge in [0.1, 0.15) is 0 Å². The van der Waals surface area contributed by atoms with Crippen LogP contribution in [0.3, 0.4) is 0 Å². The fraction of sp³-hybridized carbons (Fsp3) is 0.400. The number of halogens is 1. The zero-order chi connectivity index (χ0) is 17.5. The first-order valence-corrected chi connectivity index (χ1v) is 8.32. The second-order valence-corrected chi connectivity index (χ2v) is 6.01. The van der Waals surface area contributed by atoms with Crippen LogP contribution in [0.4, 0.5) is 0 Å². The van der Waals surface area contributed by atoms with E-state index in [1.165, 1.54) is 6.21 Å². The lowest BCUT2D eigenvalue weighted by Gasteiger charge is -2.15. The number of hydrogen-bond donors (Lipinski definition) is 2. The first-order valence-electron chi connectivity index (χ1n) is 8.32. The molecule has 25 heavy (non-hydrogen) atoms. The number of nitrogens with one attached hydrogen (secondary N) is 2. The number of fused-ring (bicyclic) bond motifs is 1. The Morgan fingerprint density at radius 1 is 1.04 bits per heavy atom. The normalized spacial score (nSPS) is 11.5. The summed E-state index contributed by atoms with van der Waals surface area (Å²) in [5, 5.41) is 17.6. The average molecular weight is 363 g/mol. The fourth-order valence-corrected chi connectivity index (χ4v) is 2.84. The van der Waals surface area contributed by atoms with E-state index in [0.29, 0.717) is 0 Å². The van der Waals surface area contributed by atoms with E-state index in [-0.39, 0.29) is 18.3 Å². The van der Waals surface area contributed by atoms with Gasteiger partial charge < -0.3 is 20.3 Å². The minimum atomic E-state index is 0. The summed E-state index contributed by atoms with van der Waals surface area (Å²) >= 11 is 0. The molecule has 0 spiro atoms. The molecule has 0 aromatic heterocycles. The standard InChI is InChI=1S/C20H26N2O2.ClH/c1-14(18(22)7-5-4-6-10-21)15-8-9-16-12-19(23-2)20(24-3)13-17(16)11-15;/h8-14,21-22H,4-7H2,1-3H3;1H. The summed E-state index contributed by atoms with van der Waals surface area (Å²) in [4.78, 5) is 0. The lowest BCUT2D eigenvalue weighted by Crippen LogP contribution is -2.08. The van der Waals surface area contributed by atoms with Gasteiger partial charge in [-0.1, -0.05) is 25.1 Å². The third-order valence-electron chi connectivity index (χ3n) is 4.43. The van der Waals surface area contributed by atoms with Crippen LogP contribution in [-0.4, -0.2) is 26.1 Å². The zero-order valence-corrected chi connectivity index (χ0v) is 15.9. The monoisotopic (exact) mass is 362 g/mol. The number of benzene rings is 2. The van der Waals surface area contributed by atoms with Gasteiger partial charge >= 0.3 is 0 Å². The Kier molecular flexibility index (Phi) is 8.42. The van der Waals surface area contributed by atoms with Gasteiger partial charge in [0.15, 0.2) is 11.5 Å². The predicted molar refractivity (Wildman–Crippen MR) is 108 cm³/mol. The number of ether oxygens (including phenoxy) is 2. The summed E-state index contributed by atoms with van der Waals surface area (Å²) in [5.74, 6) is 1.55. The van der Waals surface area contributed by atoms with E-state index in [2.05, 4.69) is 25.1 Å². The maximum absolute atomic E-state index is 8.32. The summed E-state index contributed by atoms with van der Waals surface area (Å²) in [7, 11) is 3.28. The van der Waals surface area contributed by atoms with Gasteiger partial charge in [0.25, 0.3) is 0 Å². The van der Waals surface area contributed by atoms with Crippen molar-refractivity contribution in [2.45, 2.75) is 38.5 Å². The molecule has 1 atom stereocenters. The molecule has 1 unspecified atom stereocenters. The molecular formula is C20H27ClN2O2. The van der Waals surface area contributed by atoms with Crippen LogP contribution in [0.25, 0.3) is 10.8 Å². The van der Waals surface area contributed by atoms with Gasteiger partial charge in [0, 0.05) is 11.6 Å². The molecule has 0 aliphatic rings. The Morgan fingerprint density at radius 2 is 1.68 bits per heavy atom. The maximum atomic E-state index is 8.32. The van der Waals surface area contributed by atoms with Gasteiger partial charge in [-0.25, -0.2) is 0 Å². The van der Waals surface area contributed by atoms with Gasteiger partial charge in [0.05, 0.1) is 14.2 Å². The molecule has 0 heterocycles. The van der Waals surface area contributed by atoms with Gasteiger partial charge in [-0.2, -0.15) is 0 Å². The molecule has 0 saturated heterocycles. The van der Waals surface area contributed by atoms with Crippen LogP contribution in [0, 0.1) is 10.8 Å². The first kappa shape index (κ1) is 21.0. The molecule has 5 heteroatoms. The van der Waals surface area contributed by atoms with Crippen LogP contribution in [0.5, 0.6) is 11.5 Å². The highest BCUT2D eigenvalue weighted by molar-refractivity contribution is 5.91. The van der Waals surface area contributed by atoms with E-state index in [9.17, 15) is 0 Å². The minimum Gasteiger partial charge on any atom is -0.493 e. The molecule has 0 saturated carbocycles. The Balaban J connectivity index is 0.00000312. The van der Waals surface area contributed by atoms with Crippen molar-refractivity contribution in [1.82, 2.24) is 0 Å². The van der Waals surface area contributed by atoms with E-state index in [0.717, 1.165) is 59.2 Å². The highest BCUT2D eigenvalue weighted by atomic mass is 35.5. The van der Waals surface area contributed by atoms with Crippen molar-refractivity contribution in [2.75, 3.05) is 14.2 Å². The Bertz CT molecular complexity index is 731. The molecular weight excluding hydrogens is 336 g/mol. The molecule has 2 aromatic carbocycles. The Labute approximate surface area is 156 Å². The molecule has 0 bridgehead atoms. The van der Waals surface area contributed by atoms with Gasteiger partial charge in [0.2, 0.25) is 0 Å². The third kappa shape index (κ3) is 5.20. The number of rotatable bonds is 9. The van der Waals surface area contributed by atoms with Gasteiger partial charge in [-0.15, -0.1) is 12.4 Å². The summed E-state index contributed by atoms with van der Waals surface area (Å²) < 4.78 is 10.7. The van der Waals surface area contributed by atoms with Crippen molar-refractivity contribution in [3.05, 3.63) is 35.9 Å². The average Bonchev–Trinajstić information content (AvgIpc) is 2.62. The van der Waals surface area contributed by atoms with E-state index in [4.69, 9.17) is 20.3 Å². The van der Waals surface area contributed by atoms with Crippen LogP contribution < -0.4 is 9.47 Å². The van der Waals surface area contributed by atoms with Crippen LogP contribution in [-0.2, 0) is 0 Å². The fourth-order valence-electron chi connectivity index (χ4n) is 2.84. The van der Waals surface area contributed by atoms with Crippen LogP contribution in [0.15, 0.2) is 30.3 Å². The van der Waals surface area contributed by atoms with Crippen molar-refractivity contribution in [1.29, 1.82) is 10.8 Å². The summed E-state index contributed by atoms with van der Waals surface area (Å²) in [6.45, 7) is 2.08. The van der Waals surface area contributed by atoms with E-state index >= 15 is 0 Å². The molecule has 0 aliphatic heterocycles. The molecule has 0 aliphatic carbocycles. The van der Waals surface area contributed by atoms with Crippen molar-refractivity contribution >= 4 is 35.1 Å². The third-order valence-corrected chi connectivity index (χ3v) is 4.43. The van der Waals surface area contributed by atoms with Crippen molar-refractivity contribution in [2.24, 2.45) is 0 Å². The van der Waals surface area contributed by atoms with Crippen LogP contribution >= 0.6 is 12.4 Å². The summed E-state index contributed by atoms with van der Waals surface area (Å²) in [6, 6.07) is 10.3. The molecule has 0 amide bonds. The number of unbranched alkanes of at least 4 members (excludes halogenated alkanes) is 2. The highest BCUT2D eigenvalue weighted by Crippen LogP contribution is 2.33. The van der Waals surface area contributed by atoms with E-state index in [1.807, 2.05) is 12.1 Å². The summed E-state index contributed by atoms with van der Waals surface area (Å²) in [5.41, 5.74) is 1.89. The molecule has 0 fully saturated rings. The molecule has 136 valence electrons. The quantitative estimate of drug-likeness (QED) is 0.449. The molecule has 4 nitrogen and oxygen atoms in total. The molecule has 0 radical (unpaired) electrons. The zero-order valence-electron chi connectivity index (χ0n) is 15.1. The Morgan fingerprint density at radius 3 is 2.28 bits per heavy atom. The second-order valence-electron chi connectivity index (χ2n) is 6.01. The smallest absolute Gasteiger partial charge is 0.161 e. The number of hydrogen-bond acceptors (Lipinski definition) is 4. The largest absolute Gasteiger partial charge is 0.493 e. The van der Waals surface area contributed by atoms with Gasteiger partial charge in [-0.3, -0.25) is 0 Å². The topological polar surface area (TPSA) is 66.2 Å². The van der Waals surface area contributed by atoms with Crippen molar-refractivity contribution in [3.8, 4) is 11.5 Å². The molecule has 2 N–H and O–H groups in total.